The van der Waals surface area contributed by atoms with Crippen molar-refractivity contribution in [1.29, 1.82) is 0 Å². The minimum atomic E-state index is -0.904. The van der Waals surface area contributed by atoms with Gasteiger partial charge in [0, 0.05) is 10.4 Å². The fourth-order valence-electron chi connectivity index (χ4n) is 3.49. The van der Waals surface area contributed by atoms with Crippen LogP contribution in [0.4, 0.5) is 0 Å². The summed E-state index contributed by atoms with van der Waals surface area (Å²) in [5.41, 5.74) is 1.14. The van der Waals surface area contributed by atoms with E-state index >= 15 is 0 Å². The van der Waals surface area contributed by atoms with Gasteiger partial charge in [0.05, 0.1) is 24.5 Å². The molecule has 6 nitrogen and oxygen atoms in total. The molecule has 2 heterocycles. The molecule has 0 bridgehead atoms. The lowest BCUT2D eigenvalue weighted by Crippen LogP contribution is -2.25. The molecule has 128 valence electrons. The maximum atomic E-state index is 13.1. The Kier molecular flexibility index (Phi) is 3.89. The molecule has 0 saturated carbocycles. The second-order valence-electron chi connectivity index (χ2n) is 6.03. The van der Waals surface area contributed by atoms with Crippen LogP contribution < -0.4 is 5.56 Å². The first-order valence-electron chi connectivity index (χ1n) is 8.07. The predicted molar refractivity (Wildman–Crippen MR) is 95.1 cm³/mol. The normalized spacial score (nSPS) is 16.3. The topological polar surface area (TPSA) is 92.4 Å². The van der Waals surface area contributed by atoms with E-state index in [0.29, 0.717) is 34.4 Å². The standard InChI is InChI=1S/C18H16N2O4S/c21-9-8-20-15(10-4-2-1-3-5-10)19-16-14(17(20)22)13-11(18(23)24)6-7-12(13)25-16/h1-5,11,21H,6-9H2,(H,23,24). The molecule has 1 atom stereocenters. The van der Waals surface area contributed by atoms with Crippen LogP contribution >= 0.6 is 11.3 Å². The average molecular weight is 356 g/mol. The molecule has 7 heteroatoms. The van der Waals surface area contributed by atoms with Gasteiger partial charge >= 0.3 is 5.97 Å². The van der Waals surface area contributed by atoms with Crippen LogP contribution in [0.2, 0.25) is 0 Å². The Morgan fingerprint density at radius 1 is 1.32 bits per heavy atom. The van der Waals surface area contributed by atoms with Crippen LogP contribution in [0.15, 0.2) is 35.1 Å². The third kappa shape index (κ3) is 2.47. The van der Waals surface area contributed by atoms with E-state index in [1.165, 1.54) is 15.9 Å². The number of aromatic nitrogens is 2. The maximum Gasteiger partial charge on any atom is 0.311 e. The number of aliphatic carboxylic acids is 1. The van der Waals surface area contributed by atoms with Gasteiger partial charge in [0.15, 0.2) is 0 Å². The number of aliphatic hydroxyl groups is 1. The van der Waals surface area contributed by atoms with Gasteiger partial charge in [-0.3, -0.25) is 14.2 Å². The molecule has 0 fully saturated rings. The Balaban J connectivity index is 2.03. The Morgan fingerprint density at radius 2 is 2.08 bits per heavy atom. The van der Waals surface area contributed by atoms with Crippen molar-refractivity contribution in [3.8, 4) is 11.4 Å². The molecule has 25 heavy (non-hydrogen) atoms. The number of thiophene rings is 1. The molecule has 1 aliphatic carbocycles. The molecule has 1 aliphatic rings. The quantitative estimate of drug-likeness (QED) is 0.748. The molecular weight excluding hydrogens is 340 g/mol. The van der Waals surface area contributed by atoms with E-state index in [0.717, 1.165) is 10.4 Å². The highest BCUT2D eigenvalue weighted by atomic mass is 32.1. The zero-order valence-electron chi connectivity index (χ0n) is 13.3. The Labute approximate surface area is 147 Å². The van der Waals surface area contributed by atoms with E-state index in [2.05, 4.69) is 4.98 Å². The average Bonchev–Trinajstić information content (AvgIpc) is 3.16. The van der Waals surface area contributed by atoms with Gasteiger partial charge in [-0.25, -0.2) is 4.98 Å². The van der Waals surface area contributed by atoms with Crippen LogP contribution in [0.1, 0.15) is 22.8 Å². The number of aliphatic hydroxyl groups excluding tert-OH is 1. The molecule has 3 aromatic rings. The number of hydrogen-bond donors (Lipinski definition) is 2. The summed E-state index contributed by atoms with van der Waals surface area (Å²) >= 11 is 1.41. The highest BCUT2D eigenvalue weighted by molar-refractivity contribution is 7.18. The Morgan fingerprint density at radius 3 is 2.76 bits per heavy atom. The van der Waals surface area contributed by atoms with Crippen LogP contribution in [-0.4, -0.2) is 32.3 Å². The first-order chi connectivity index (χ1) is 12.1. The number of nitrogens with zero attached hydrogens (tertiary/aromatic N) is 2. The largest absolute Gasteiger partial charge is 0.481 e. The fourth-order valence-corrected chi connectivity index (χ4v) is 4.73. The predicted octanol–water partition coefficient (Wildman–Crippen LogP) is 2.23. The van der Waals surface area contributed by atoms with E-state index in [9.17, 15) is 19.8 Å². The van der Waals surface area contributed by atoms with E-state index in [1.807, 2.05) is 30.3 Å². The summed E-state index contributed by atoms with van der Waals surface area (Å²) in [6.07, 6.45) is 1.18. The maximum absolute atomic E-state index is 13.1. The van der Waals surface area contributed by atoms with Crippen molar-refractivity contribution in [2.24, 2.45) is 0 Å². The van der Waals surface area contributed by atoms with Gasteiger partial charge in [-0.15, -0.1) is 11.3 Å². The number of carbonyl (C=O) groups is 1. The van der Waals surface area contributed by atoms with Crippen molar-refractivity contribution in [2.45, 2.75) is 25.3 Å². The van der Waals surface area contributed by atoms with E-state index in [1.54, 1.807) is 0 Å². The van der Waals surface area contributed by atoms with Crippen LogP contribution in [0.5, 0.6) is 0 Å². The van der Waals surface area contributed by atoms with Crippen molar-refractivity contribution in [3.05, 3.63) is 51.1 Å². The van der Waals surface area contributed by atoms with E-state index < -0.39 is 11.9 Å². The van der Waals surface area contributed by atoms with Crippen molar-refractivity contribution in [3.63, 3.8) is 0 Å². The first-order valence-corrected chi connectivity index (χ1v) is 8.88. The van der Waals surface area contributed by atoms with Gasteiger partial charge in [0.25, 0.3) is 5.56 Å². The lowest BCUT2D eigenvalue weighted by molar-refractivity contribution is -0.138. The summed E-state index contributed by atoms with van der Waals surface area (Å²) in [4.78, 5) is 30.9. The molecule has 1 aromatic carbocycles. The number of rotatable bonds is 4. The number of aryl methyl sites for hydroxylation is 1. The van der Waals surface area contributed by atoms with Crippen molar-refractivity contribution < 1.29 is 15.0 Å². The van der Waals surface area contributed by atoms with Crippen LogP contribution in [0.3, 0.4) is 0 Å². The van der Waals surface area contributed by atoms with Crippen molar-refractivity contribution in [2.75, 3.05) is 6.61 Å². The zero-order valence-corrected chi connectivity index (χ0v) is 14.1. The second-order valence-corrected chi connectivity index (χ2v) is 7.11. The Bertz CT molecular complexity index is 1020. The zero-order chi connectivity index (χ0) is 17.6. The molecule has 2 N–H and O–H groups in total. The third-order valence-corrected chi connectivity index (χ3v) is 5.75. The van der Waals surface area contributed by atoms with Crippen LogP contribution in [-0.2, 0) is 17.8 Å². The van der Waals surface area contributed by atoms with E-state index in [4.69, 9.17) is 0 Å². The first kappa shape index (κ1) is 16.0. The van der Waals surface area contributed by atoms with E-state index in [-0.39, 0.29) is 18.7 Å². The number of benzene rings is 1. The molecule has 0 aliphatic heterocycles. The molecule has 0 saturated heterocycles. The Hall–Kier alpha value is -2.51. The second kappa shape index (κ2) is 6.09. The fraction of sp³-hybridized carbons (Fsp3) is 0.278. The molecule has 0 radical (unpaired) electrons. The molecule has 0 amide bonds. The number of hydrogen-bond acceptors (Lipinski definition) is 5. The summed E-state index contributed by atoms with van der Waals surface area (Å²) in [5.74, 6) is -1.05. The van der Waals surface area contributed by atoms with Gasteiger partial charge in [-0.1, -0.05) is 30.3 Å². The number of fused-ring (bicyclic) bond motifs is 3. The highest BCUT2D eigenvalue weighted by Crippen LogP contribution is 2.42. The lowest BCUT2D eigenvalue weighted by atomic mass is 10.0. The smallest absolute Gasteiger partial charge is 0.311 e. The molecular formula is C18H16N2O4S. The van der Waals surface area contributed by atoms with Gasteiger partial charge in [0.1, 0.15) is 10.7 Å². The monoisotopic (exact) mass is 356 g/mol. The summed E-state index contributed by atoms with van der Waals surface area (Å²) in [7, 11) is 0. The summed E-state index contributed by atoms with van der Waals surface area (Å²) in [6.45, 7) is -0.0734. The number of carboxylic acids is 1. The minimum absolute atomic E-state index is 0.119. The molecule has 2 aromatic heterocycles. The van der Waals surface area contributed by atoms with Crippen molar-refractivity contribution >= 4 is 27.5 Å². The van der Waals surface area contributed by atoms with Crippen LogP contribution in [0.25, 0.3) is 21.6 Å². The summed E-state index contributed by atoms with van der Waals surface area (Å²) < 4.78 is 1.45. The van der Waals surface area contributed by atoms with Gasteiger partial charge in [0.2, 0.25) is 0 Å². The summed E-state index contributed by atoms with van der Waals surface area (Å²) in [6, 6.07) is 9.34. The van der Waals surface area contributed by atoms with Gasteiger partial charge in [-0.2, -0.15) is 0 Å². The number of carboxylic acid groups (broad SMARTS) is 1. The lowest BCUT2D eigenvalue weighted by Gasteiger charge is -2.12. The molecule has 0 spiro atoms. The minimum Gasteiger partial charge on any atom is -0.481 e. The highest BCUT2D eigenvalue weighted by Gasteiger charge is 2.34. The van der Waals surface area contributed by atoms with Crippen LogP contribution in [0, 0.1) is 0 Å². The summed E-state index contributed by atoms with van der Waals surface area (Å²) in [5, 5.41) is 19.3. The molecule has 1 unspecified atom stereocenters. The van der Waals surface area contributed by atoms with Gasteiger partial charge < -0.3 is 10.2 Å². The third-order valence-electron chi connectivity index (χ3n) is 4.59. The SMILES string of the molecule is O=C(O)C1CCc2sc3nc(-c4ccccc4)n(CCO)c(=O)c3c21. The van der Waals surface area contributed by atoms with Crippen molar-refractivity contribution in [1.82, 2.24) is 9.55 Å². The molecule has 4 rings (SSSR count). The van der Waals surface area contributed by atoms with Gasteiger partial charge in [-0.05, 0) is 18.4 Å².